The van der Waals surface area contributed by atoms with Crippen LogP contribution in [-0.4, -0.2) is 37.8 Å². The number of benzene rings is 1. The first-order valence-electron chi connectivity index (χ1n) is 7.76. The number of primary amides is 1. The van der Waals surface area contributed by atoms with Gasteiger partial charge in [0.15, 0.2) is 5.82 Å². The highest BCUT2D eigenvalue weighted by atomic mass is 19.4. The number of pyridine rings is 1. The summed E-state index contributed by atoms with van der Waals surface area (Å²) in [6.07, 6.45) is -3.82. The van der Waals surface area contributed by atoms with Gasteiger partial charge in [0.25, 0.3) is 5.91 Å². The standard InChI is InChI=1S/C16H11F3N6O4/c17-16(18,19)13(27)29-10-7-8(4-5-9(10)12(20)26)22-14-23-15(28)25(24-14)11-3-1-2-6-21-11/h1-7H,(H2,20,26)(H2,22,23,24,28). The predicted octanol–water partition coefficient (Wildman–Crippen LogP) is 1.27. The minimum Gasteiger partial charge on any atom is -0.419 e. The topological polar surface area (TPSA) is 145 Å². The molecule has 0 radical (unpaired) electrons. The Morgan fingerprint density at radius 2 is 1.97 bits per heavy atom. The highest BCUT2D eigenvalue weighted by molar-refractivity contribution is 5.97. The zero-order valence-electron chi connectivity index (χ0n) is 14.2. The largest absolute Gasteiger partial charge is 0.491 e. The average Bonchev–Trinajstić information content (AvgIpc) is 3.01. The van der Waals surface area contributed by atoms with Gasteiger partial charge in [-0.2, -0.15) is 17.9 Å². The van der Waals surface area contributed by atoms with Crippen LogP contribution in [-0.2, 0) is 4.79 Å². The average molecular weight is 408 g/mol. The number of nitrogens with two attached hydrogens (primary N) is 1. The number of carbonyl (C=O) groups excluding carboxylic acids is 2. The van der Waals surface area contributed by atoms with Crippen LogP contribution in [0.4, 0.5) is 24.8 Å². The Morgan fingerprint density at radius 3 is 2.59 bits per heavy atom. The fraction of sp³-hybridized carbons (Fsp3) is 0.0625. The van der Waals surface area contributed by atoms with Crippen LogP contribution in [0.25, 0.3) is 5.82 Å². The number of hydrogen-bond acceptors (Lipinski definition) is 7. The van der Waals surface area contributed by atoms with Crippen molar-refractivity contribution in [2.24, 2.45) is 5.73 Å². The molecule has 4 N–H and O–H groups in total. The van der Waals surface area contributed by atoms with Gasteiger partial charge >= 0.3 is 17.8 Å². The number of carbonyl (C=O) groups is 2. The number of aromatic amines is 1. The first kappa shape index (κ1) is 19.6. The van der Waals surface area contributed by atoms with Gasteiger partial charge in [0.05, 0.1) is 5.56 Å². The van der Waals surface area contributed by atoms with Crippen molar-refractivity contribution in [3.05, 3.63) is 58.6 Å². The Morgan fingerprint density at radius 1 is 1.21 bits per heavy atom. The predicted molar refractivity (Wildman–Crippen MR) is 91.9 cm³/mol. The SMILES string of the molecule is NC(=O)c1ccc(Nc2nn(-c3ccccn3)c(=O)[nH]2)cc1OC(=O)C(F)(F)F. The molecule has 3 rings (SSSR count). The lowest BCUT2D eigenvalue weighted by Crippen LogP contribution is -2.29. The molecular weight excluding hydrogens is 397 g/mol. The van der Waals surface area contributed by atoms with Crippen molar-refractivity contribution in [3.63, 3.8) is 0 Å². The van der Waals surface area contributed by atoms with Crippen LogP contribution in [0.1, 0.15) is 10.4 Å². The van der Waals surface area contributed by atoms with Crippen molar-refractivity contribution in [1.82, 2.24) is 19.7 Å². The lowest BCUT2D eigenvalue weighted by Gasteiger charge is -2.11. The molecule has 29 heavy (non-hydrogen) atoms. The number of ether oxygens (including phenoxy) is 1. The van der Waals surface area contributed by atoms with Crippen molar-refractivity contribution in [1.29, 1.82) is 0 Å². The lowest BCUT2D eigenvalue weighted by molar-refractivity contribution is -0.189. The molecule has 1 amide bonds. The molecule has 13 heteroatoms. The summed E-state index contributed by atoms with van der Waals surface area (Å²) in [5.41, 5.74) is 4.07. The first-order chi connectivity index (χ1) is 13.6. The molecule has 0 spiro atoms. The fourth-order valence-corrected chi connectivity index (χ4v) is 2.20. The van der Waals surface area contributed by atoms with Crippen molar-refractivity contribution >= 4 is 23.5 Å². The second-order valence-electron chi connectivity index (χ2n) is 5.47. The molecule has 0 saturated heterocycles. The van der Waals surface area contributed by atoms with Gasteiger partial charge < -0.3 is 15.8 Å². The number of halogens is 3. The maximum atomic E-state index is 12.5. The van der Waals surface area contributed by atoms with Crippen molar-refractivity contribution in [2.45, 2.75) is 6.18 Å². The van der Waals surface area contributed by atoms with Crippen LogP contribution in [0.2, 0.25) is 0 Å². The van der Waals surface area contributed by atoms with Crippen LogP contribution in [0.5, 0.6) is 5.75 Å². The lowest BCUT2D eigenvalue weighted by atomic mass is 10.1. The minimum absolute atomic E-state index is 0.0573. The molecule has 0 unspecified atom stereocenters. The summed E-state index contributed by atoms with van der Waals surface area (Å²) in [7, 11) is 0. The minimum atomic E-state index is -5.27. The Kier molecular flexibility index (Phi) is 5.04. The Labute approximate surface area is 159 Å². The number of amides is 1. The first-order valence-corrected chi connectivity index (χ1v) is 7.76. The third kappa shape index (κ3) is 4.40. The molecule has 3 aromatic rings. The molecule has 1 aromatic carbocycles. The molecule has 2 aromatic heterocycles. The number of anilines is 2. The summed E-state index contributed by atoms with van der Waals surface area (Å²) in [6.45, 7) is 0. The van der Waals surface area contributed by atoms with Gasteiger partial charge in [0.1, 0.15) is 5.75 Å². The number of hydrogen-bond donors (Lipinski definition) is 3. The number of nitrogens with one attached hydrogen (secondary N) is 2. The van der Waals surface area contributed by atoms with Gasteiger partial charge in [-0.1, -0.05) is 6.07 Å². The third-order valence-corrected chi connectivity index (χ3v) is 3.43. The smallest absolute Gasteiger partial charge is 0.419 e. The molecule has 2 heterocycles. The van der Waals surface area contributed by atoms with E-state index in [1.165, 1.54) is 18.3 Å². The third-order valence-electron chi connectivity index (χ3n) is 3.43. The van der Waals surface area contributed by atoms with E-state index in [0.717, 1.165) is 16.8 Å². The maximum absolute atomic E-state index is 12.5. The number of aromatic nitrogens is 4. The highest BCUT2D eigenvalue weighted by Gasteiger charge is 2.41. The van der Waals surface area contributed by atoms with Crippen LogP contribution < -0.4 is 21.5 Å². The van der Waals surface area contributed by atoms with Crippen LogP contribution in [0.15, 0.2) is 47.4 Å². The Bertz CT molecular complexity index is 1120. The molecular formula is C16H11F3N6O4. The number of H-pyrrole nitrogens is 1. The van der Waals surface area contributed by atoms with E-state index in [-0.39, 0.29) is 17.5 Å². The van der Waals surface area contributed by atoms with Crippen LogP contribution >= 0.6 is 0 Å². The monoisotopic (exact) mass is 408 g/mol. The van der Waals surface area contributed by atoms with E-state index in [9.17, 15) is 27.6 Å². The molecule has 10 nitrogen and oxygen atoms in total. The number of esters is 1. The normalized spacial score (nSPS) is 11.1. The summed E-state index contributed by atoms with van der Waals surface area (Å²) < 4.78 is 42.6. The van der Waals surface area contributed by atoms with Gasteiger partial charge in [-0.25, -0.2) is 14.6 Å². The van der Waals surface area contributed by atoms with E-state index >= 15 is 0 Å². The van der Waals surface area contributed by atoms with Gasteiger partial charge in [0, 0.05) is 18.0 Å². The van der Waals surface area contributed by atoms with Gasteiger partial charge in [-0.3, -0.25) is 9.78 Å². The molecule has 0 aliphatic rings. The molecule has 0 aliphatic carbocycles. The zero-order chi connectivity index (χ0) is 21.2. The van der Waals surface area contributed by atoms with Crippen molar-refractivity contribution in [2.75, 3.05) is 5.32 Å². The van der Waals surface area contributed by atoms with E-state index in [1.807, 2.05) is 0 Å². The summed E-state index contributed by atoms with van der Waals surface area (Å²) in [5, 5.41) is 6.57. The second kappa shape index (κ2) is 7.46. The highest BCUT2D eigenvalue weighted by Crippen LogP contribution is 2.27. The van der Waals surface area contributed by atoms with E-state index < -0.39 is 35.1 Å². The quantitative estimate of drug-likeness (QED) is 0.426. The fourth-order valence-electron chi connectivity index (χ4n) is 2.20. The summed E-state index contributed by atoms with van der Waals surface area (Å²) in [5.74, 6) is -4.19. The summed E-state index contributed by atoms with van der Waals surface area (Å²) in [6, 6.07) is 8.07. The van der Waals surface area contributed by atoms with Gasteiger partial charge in [-0.05, 0) is 24.3 Å². The van der Waals surface area contributed by atoms with Crippen LogP contribution in [0.3, 0.4) is 0 Å². The number of alkyl halides is 3. The molecule has 0 fully saturated rings. The maximum Gasteiger partial charge on any atom is 0.491 e. The van der Waals surface area contributed by atoms with Crippen LogP contribution in [0, 0.1) is 0 Å². The molecule has 150 valence electrons. The molecule has 0 bridgehead atoms. The van der Waals surface area contributed by atoms with Crippen molar-refractivity contribution < 1.29 is 27.5 Å². The van der Waals surface area contributed by atoms with Gasteiger partial charge in [-0.15, -0.1) is 5.10 Å². The second-order valence-corrected chi connectivity index (χ2v) is 5.47. The van der Waals surface area contributed by atoms with E-state index in [4.69, 9.17) is 5.73 Å². The number of nitrogens with zero attached hydrogens (tertiary/aromatic N) is 3. The zero-order valence-corrected chi connectivity index (χ0v) is 14.2. The Hall–Kier alpha value is -4.16. The number of rotatable bonds is 5. The molecule has 0 aliphatic heterocycles. The van der Waals surface area contributed by atoms with Crippen molar-refractivity contribution in [3.8, 4) is 11.6 Å². The van der Waals surface area contributed by atoms with Gasteiger partial charge in [0.2, 0.25) is 5.95 Å². The molecule has 0 saturated carbocycles. The van der Waals surface area contributed by atoms with E-state index in [0.29, 0.717) is 0 Å². The molecule has 0 atom stereocenters. The summed E-state index contributed by atoms with van der Waals surface area (Å²) >= 11 is 0. The summed E-state index contributed by atoms with van der Waals surface area (Å²) in [4.78, 5) is 40.8. The van der Waals surface area contributed by atoms with E-state index in [2.05, 4.69) is 25.1 Å². The van der Waals surface area contributed by atoms with E-state index in [1.54, 1.807) is 12.1 Å². The Balaban J connectivity index is 1.90.